The Balaban J connectivity index is 0.983. The van der Waals surface area contributed by atoms with E-state index >= 15 is 0 Å². The highest BCUT2D eigenvalue weighted by atomic mass is 16.2. The van der Waals surface area contributed by atoms with Crippen LogP contribution in [0.25, 0.3) is 108 Å². The fraction of sp³-hybridized carbons (Fsp3) is 0.290. The highest BCUT2D eigenvalue weighted by Gasteiger charge is 2.39. The first-order valence-electron chi connectivity index (χ1n) is 25.4. The van der Waals surface area contributed by atoms with Crippen molar-refractivity contribution in [1.82, 2.24) is 9.80 Å². The molecule has 13 rings (SSSR count). The first kappa shape index (κ1) is 41.3. The quantitative estimate of drug-likeness (QED) is 0.0472. The maximum atomic E-state index is 14.8. The topological polar surface area (TPSA) is 74.8 Å². The second kappa shape index (κ2) is 15.3. The van der Waals surface area contributed by atoms with Crippen LogP contribution < -0.4 is 0 Å². The molecule has 0 saturated carbocycles. The zero-order chi connectivity index (χ0) is 46.3. The van der Waals surface area contributed by atoms with E-state index in [2.05, 4.69) is 86.6 Å². The number of carbonyl (C=O) groups is 4. The normalized spacial score (nSPS) is 14.6. The number of fused-ring (bicyclic) bond motifs is 6. The van der Waals surface area contributed by atoms with E-state index in [4.69, 9.17) is 0 Å². The van der Waals surface area contributed by atoms with Gasteiger partial charge < -0.3 is 0 Å². The van der Waals surface area contributed by atoms with Crippen molar-refractivity contribution in [3.8, 4) is 0 Å². The molecule has 4 amide bonds. The summed E-state index contributed by atoms with van der Waals surface area (Å²) in [7, 11) is 0. The van der Waals surface area contributed by atoms with E-state index in [1.165, 1.54) is 86.5 Å². The molecule has 0 atom stereocenters. The molecular weight excluding hydrogens is 837 g/mol. The number of benzene rings is 11. The summed E-state index contributed by atoms with van der Waals surface area (Å²) in [6.07, 6.45) is 13.2. The van der Waals surface area contributed by atoms with Gasteiger partial charge in [-0.05, 0) is 148 Å². The van der Waals surface area contributed by atoms with Gasteiger partial charge in [-0.1, -0.05) is 151 Å². The number of imide groups is 2. The molecule has 11 aromatic carbocycles. The molecular formula is C62H54N2O4. The van der Waals surface area contributed by atoms with Gasteiger partial charge in [0.15, 0.2) is 0 Å². The summed E-state index contributed by atoms with van der Waals surface area (Å²) in [4.78, 5) is 60.4. The summed E-state index contributed by atoms with van der Waals surface area (Å²) >= 11 is 0. The third-order valence-electron chi connectivity index (χ3n) is 16.3. The lowest BCUT2D eigenvalue weighted by Crippen LogP contribution is -2.47. The molecule has 0 bridgehead atoms. The summed E-state index contributed by atoms with van der Waals surface area (Å²) in [5, 5.41) is 21.8. The minimum absolute atomic E-state index is 0.101. The predicted octanol–water partition coefficient (Wildman–Crippen LogP) is 16.2. The lowest BCUT2D eigenvalue weighted by atomic mass is 9.80. The monoisotopic (exact) mass is 890 g/mol. The van der Waals surface area contributed by atoms with Crippen molar-refractivity contribution in [2.24, 2.45) is 0 Å². The molecule has 0 unspecified atom stereocenters. The van der Waals surface area contributed by atoms with Gasteiger partial charge >= 0.3 is 0 Å². The number of hydrogen-bond donors (Lipinski definition) is 0. The van der Waals surface area contributed by atoms with Crippen LogP contribution in [0.1, 0.15) is 146 Å². The van der Waals surface area contributed by atoms with Crippen LogP contribution >= 0.6 is 0 Å². The van der Waals surface area contributed by atoms with E-state index in [0.717, 1.165) is 103 Å². The van der Waals surface area contributed by atoms with E-state index in [9.17, 15) is 19.2 Å². The molecule has 6 heteroatoms. The van der Waals surface area contributed by atoms with Crippen LogP contribution in [0.5, 0.6) is 0 Å². The summed E-state index contributed by atoms with van der Waals surface area (Å²) in [6, 6.07) is 34.1. The van der Waals surface area contributed by atoms with Gasteiger partial charge in [-0.15, -0.1) is 0 Å². The Kier molecular flexibility index (Phi) is 9.29. The van der Waals surface area contributed by atoms with Gasteiger partial charge in [0.1, 0.15) is 0 Å². The molecule has 0 radical (unpaired) electrons. The van der Waals surface area contributed by atoms with Gasteiger partial charge in [-0.2, -0.15) is 0 Å². The molecule has 336 valence electrons. The second-order valence-electron chi connectivity index (χ2n) is 20.4. The summed E-state index contributed by atoms with van der Waals surface area (Å²) in [5.41, 5.74) is 2.45. The Morgan fingerprint density at radius 2 is 0.544 bits per heavy atom. The Morgan fingerprint density at radius 1 is 0.309 bits per heavy atom. The molecule has 0 saturated heterocycles. The molecule has 0 aliphatic carbocycles. The van der Waals surface area contributed by atoms with Gasteiger partial charge in [-0.3, -0.25) is 29.0 Å². The first-order chi connectivity index (χ1) is 33.2. The van der Waals surface area contributed by atoms with Crippen molar-refractivity contribution < 1.29 is 19.2 Å². The number of nitrogens with zero attached hydrogens (tertiary/aromatic N) is 2. The smallest absolute Gasteiger partial charge is 0.261 e. The van der Waals surface area contributed by atoms with Crippen LogP contribution in [0.3, 0.4) is 0 Å². The van der Waals surface area contributed by atoms with Crippen molar-refractivity contribution in [3.63, 3.8) is 0 Å². The Hall–Kier alpha value is -6.92. The summed E-state index contributed by atoms with van der Waals surface area (Å²) < 4.78 is 0. The third kappa shape index (κ3) is 5.46. The molecule has 0 N–H and O–H groups in total. The highest BCUT2D eigenvalue weighted by molar-refractivity contribution is 6.47. The van der Waals surface area contributed by atoms with E-state index in [0.29, 0.717) is 22.3 Å². The standard InChI is InChI=1S/C62H54N2O4/c1-5-7-9-11-13-15-34(16-14-12-10-8-6-2)64-61(67)49-31-27-45-41-23-19-37-35-17-21-39-43-25-29-47-57-48(60(66)63(33(3)4)59(47)65)30-26-44(55(43)57)40-22-18-36(51(35)53(39)40)38-20-24-42(54(41)52(37)38)46-28-32-50(62(64)68)58(49)56(45)46/h17-34H,5-16H2,1-4H3. The minimum Gasteiger partial charge on any atom is -0.272 e. The highest BCUT2D eigenvalue weighted by Crippen LogP contribution is 2.52. The largest absolute Gasteiger partial charge is 0.272 e. The lowest BCUT2D eigenvalue weighted by molar-refractivity contribution is 0.0512. The maximum Gasteiger partial charge on any atom is 0.261 e. The molecule has 2 aliphatic heterocycles. The summed E-state index contributed by atoms with van der Waals surface area (Å²) in [6.45, 7) is 8.24. The number of amides is 4. The Bertz CT molecular complexity index is 3740. The van der Waals surface area contributed by atoms with Crippen LogP contribution in [0.2, 0.25) is 0 Å². The zero-order valence-corrected chi connectivity index (χ0v) is 39.4. The van der Waals surface area contributed by atoms with Crippen LogP contribution in [-0.2, 0) is 0 Å². The molecule has 0 spiro atoms. The van der Waals surface area contributed by atoms with Crippen molar-refractivity contribution >= 4 is 131 Å². The number of unbranched alkanes of at least 4 members (excludes halogenated alkanes) is 8. The zero-order valence-electron chi connectivity index (χ0n) is 39.4. The SMILES string of the molecule is CCCCCCCC(CCCCCCC)N1C(=O)c2ccc3c4ccc5c6ccc7c8ccc9c%10c(ccc(c%11ccc(c%12ccc(c%13ccc(c2c3%13)C1=O)c4c5%12)c6c7%11)c%108)C(=O)N(C(C)C)C9=O. The van der Waals surface area contributed by atoms with Gasteiger partial charge in [0.25, 0.3) is 23.6 Å². The predicted molar refractivity (Wildman–Crippen MR) is 282 cm³/mol. The van der Waals surface area contributed by atoms with Crippen molar-refractivity contribution in [2.75, 3.05) is 0 Å². The maximum absolute atomic E-state index is 14.8. The lowest BCUT2D eigenvalue weighted by Gasteiger charge is -2.35. The average molecular weight is 891 g/mol. The van der Waals surface area contributed by atoms with Crippen LogP contribution in [-0.4, -0.2) is 45.5 Å². The van der Waals surface area contributed by atoms with Gasteiger partial charge in [0.2, 0.25) is 0 Å². The molecule has 2 heterocycles. The van der Waals surface area contributed by atoms with E-state index in [1.54, 1.807) is 4.90 Å². The Morgan fingerprint density at radius 3 is 0.809 bits per heavy atom. The number of hydrogen-bond acceptors (Lipinski definition) is 4. The van der Waals surface area contributed by atoms with Gasteiger partial charge in [0, 0.05) is 45.1 Å². The third-order valence-corrected chi connectivity index (χ3v) is 16.3. The van der Waals surface area contributed by atoms with Crippen LogP contribution in [0.4, 0.5) is 0 Å². The fourth-order valence-corrected chi connectivity index (χ4v) is 13.3. The molecule has 2 aliphatic rings. The molecule has 0 fully saturated rings. The van der Waals surface area contributed by atoms with E-state index in [-0.39, 0.29) is 35.7 Å². The molecule has 68 heavy (non-hydrogen) atoms. The average Bonchev–Trinajstić information content (AvgIpc) is 3.35. The first-order valence-corrected chi connectivity index (χ1v) is 25.4. The van der Waals surface area contributed by atoms with Crippen molar-refractivity contribution in [1.29, 1.82) is 0 Å². The second-order valence-corrected chi connectivity index (χ2v) is 20.4. The number of rotatable bonds is 14. The molecule has 11 aromatic rings. The van der Waals surface area contributed by atoms with E-state index < -0.39 is 0 Å². The number of carbonyl (C=O) groups excluding carboxylic acids is 4. The fourth-order valence-electron chi connectivity index (χ4n) is 13.3. The molecule has 6 nitrogen and oxygen atoms in total. The van der Waals surface area contributed by atoms with Crippen LogP contribution in [0.15, 0.2) is 97.1 Å². The van der Waals surface area contributed by atoms with Crippen LogP contribution in [0, 0.1) is 0 Å². The minimum atomic E-state index is -0.245. The summed E-state index contributed by atoms with van der Waals surface area (Å²) in [5.74, 6) is -0.760. The van der Waals surface area contributed by atoms with Gasteiger partial charge in [-0.25, -0.2) is 0 Å². The van der Waals surface area contributed by atoms with Crippen molar-refractivity contribution in [3.05, 3.63) is 119 Å². The van der Waals surface area contributed by atoms with E-state index in [1.807, 2.05) is 38.1 Å². The van der Waals surface area contributed by atoms with Crippen molar-refractivity contribution in [2.45, 2.75) is 117 Å². The molecule has 0 aromatic heterocycles. The van der Waals surface area contributed by atoms with Gasteiger partial charge in [0.05, 0.1) is 0 Å². The Labute approximate surface area is 394 Å².